The summed E-state index contributed by atoms with van der Waals surface area (Å²) in [6.07, 6.45) is 0.617. The fourth-order valence-corrected chi connectivity index (χ4v) is 4.22. The maximum Gasteiger partial charge on any atom is 0.264 e. The zero-order valence-corrected chi connectivity index (χ0v) is 18.6. The van der Waals surface area contributed by atoms with E-state index >= 15 is 0 Å². The van der Waals surface area contributed by atoms with Gasteiger partial charge in [0.1, 0.15) is 6.54 Å². The average molecular weight is 457 g/mol. The van der Waals surface area contributed by atoms with Crippen LogP contribution >= 0.6 is 11.6 Å². The van der Waals surface area contributed by atoms with Gasteiger partial charge in [-0.15, -0.1) is 0 Å². The molecule has 0 aliphatic carbocycles. The zero-order valence-electron chi connectivity index (χ0n) is 17.1. The van der Waals surface area contributed by atoms with E-state index in [0.29, 0.717) is 36.0 Å². The van der Waals surface area contributed by atoms with Crippen LogP contribution in [0, 0.1) is 0 Å². The molecular formula is C20H25ClN2O6S. The van der Waals surface area contributed by atoms with Gasteiger partial charge in [0, 0.05) is 31.4 Å². The molecule has 0 heterocycles. The van der Waals surface area contributed by atoms with E-state index in [-0.39, 0.29) is 10.6 Å². The lowest BCUT2D eigenvalue weighted by Gasteiger charge is -2.24. The van der Waals surface area contributed by atoms with Crippen molar-refractivity contribution in [2.45, 2.75) is 11.3 Å². The van der Waals surface area contributed by atoms with Crippen molar-refractivity contribution in [3.63, 3.8) is 0 Å². The Morgan fingerprint density at radius 2 is 1.70 bits per heavy atom. The first-order valence-electron chi connectivity index (χ1n) is 9.09. The van der Waals surface area contributed by atoms with Gasteiger partial charge < -0.3 is 19.5 Å². The minimum absolute atomic E-state index is 0.0396. The van der Waals surface area contributed by atoms with Crippen LogP contribution in [0.4, 0.5) is 5.69 Å². The smallest absolute Gasteiger partial charge is 0.264 e. The number of methoxy groups -OCH3 is 3. The van der Waals surface area contributed by atoms with Crippen molar-refractivity contribution >= 4 is 33.2 Å². The monoisotopic (exact) mass is 456 g/mol. The molecule has 2 aromatic carbocycles. The number of hydrogen-bond acceptors (Lipinski definition) is 6. The van der Waals surface area contributed by atoms with E-state index in [0.717, 1.165) is 4.31 Å². The normalized spacial score (nSPS) is 11.1. The average Bonchev–Trinajstić information content (AvgIpc) is 2.75. The van der Waals surface area contributed by atoms with Gasteiger partial charge in [-0.1, -0.05) is 11.6 Å². The second-order valence-corrected chi connectivity index (χ2v) is 8.50. The highest BCUT2D eigenvalue weighted by molar-refractivity contribution is 7.92. The van der Waals surface area contributed by atoms with Crippen LogP contribution in [0.3, 0.4) is 0 Å². The third-order valence-electron chi connectivity index (χ3n) is 4.19. The summed E-state index contributed by atoms with van der Waals surface area (Å²) < 4.78 is 43.1. The summed E-state index contributed by atoms with van der Waals surface area (Å²) in [5.74, 6) is 0.217. The van der Waals surface area contributed by atoms with Gasteiger partial charge in [-0.25, -0.2) is 8.42 Å². The van der Waals surface area contributed by atoms with Crippen molar-refractivity contribution in [3.8, 4) is 11.5 Å². The Kier molecular flexibility index (Phi) is 8.76. The Morgan fingerprint density at radius 3 is 2.30 bits per heavy atom. The van der Waals surface area contributed by atoms with E-state index in [1.54, 1.807) is 31.4 Å². The Morgan fingerprint density at radius 1 is 1.03 bits per heavy atom. The van der Waals surface area contributed by atoms with Crippen LogP contribution in [0.15, 0.2) is 47.4 Å². The van der Waals surface area contributed by atoms with Crippen LogP contribution in [0.25, 0.3) is 0 Å². The largest absolute Gasteiger partial charge is 0.493 e. The van der Waals surface area contributed by atoms with Gasteiger partial charge in [-0.2, -0.15) is 0 Å². The van der Waals surface area contributed by atoms with Gasteiger partial charge in [-0.3, -0.25) is 9.10 Å². The fraction of sp³-hybridized carbons (Fsp3) is 0.350. The van der Waals surface area contributed by atoms with E-state index in [1.807, 2.05) is 0 Å². The maximum atomic E-state index is 13.4. The molecule has 10 heteroatoms. The third kappa shape index (κ3) is 6.01. The van der Waals surface area contributed by atoms with Crippen LogP contribution in [0.1, 0.15) is 6.42 Å². The minimum atomic E-state index is -4.09. The molecule has 0 bridgehead atoms. The first-order valence-corrected chi connectivity index (χ1v) is 10.9. The molecule has 30 heavy (non-hydrogen) atoms. The molecular weight excluding hydrogens is 432 g/mol. The SMILES string of the molecule is COCCCNC(=O)CN(c1ccc(Cl)cc1)S(=O)(=O)c1ccc(OC)c(OC)c1. The van der Waals surface area contributed by atoms with Crippen LogP contribution < -0.4 is 19.1 Å². The molecule has 1 amide bonds. The van der Waals surface area contributed by atoms with Crippen molar-refractivity contribution in [2.24, 2.45) is 0 Å². The molecule has 0 spiro atoms. The second kappa shape index (κ2) is 11.1. The van der Waals surface area contributed by atoms with Crippen LogP contribution in [-0.2, 0) is 19.6 Å². The van der Waals surface area contributed by atoms with E-state index in [9.17, 15) is 13.2 Å². The molecule has 2 aromatic rings. The number of hydrogen-bond donors (Lipinski definition) is 1. The molecule has 0 atom stereocenters. The van der Waals surface area contributed by atoms with Crippen molar-refractivity contribution in [2.75, 3.05) is 45.3 Å². The number of halogens is 1. The Bertz CT molecular complexity index is 950. The van der Waals surface area contributed by atoms with Gasteiger partial charge in [0.05, 0.1) is 24.8 Å². The Hall–Kier alpha value is -2.49. The molecule has 0 aromatic heterocycles. The molecule has 1 N–H and O–H groups in total. The lowest BCUT2D eigenvalue weighted by atomic mass is 10.3. The van der Waals surface area contributed by atoms with Gasteiger partial charge >= 0.3 is 0 Å². The van der Waals surface area contributed by atoms with Gasteiger partial charge in [-0.05, 0) is 42.8 Å². The van der Waals surface area contributed by atoms with Crippen LogP contribution in [0.2, 0.25) is 5.02 Å². The predicted octanol–water partition coefficient (Wildman–Crippen LogP) is 2.71. The quantitative estimate of drug-likeness (QED) is 0.522. The summed E-state index contributed by atoms with van der Waals surface area (Å²) in [4.78, 5) is 12.4. The summed E-state index contributed by atoms with van der Waals surface area (Å²) in [5.41, 5.74) is 0.307. The van der Waals surface area contributed by atoms with Gasteiger partial charge in [0.25, 0.3) is 10.0 Å². The summed E-state index contributed by atoms with van der Waals surface area (Å²) in [6.45, 7) is 0.466. The number of rotatable bonds is 11. The highest BCUT2D eigenvalue weighted by atomic mass is 35.5. The second-order valence-electron chi connectivity index (χ2n) is 6.20. The molecule has 2 rings (SSSR count). The number of carbonyl (C=O) groups is 1. The Labute approximate surface area is 181 Å². The summed E-state index contributed by atoms with van der Waals surface area (Å²) >= 11 is 5.94. The highest BCUT2D eigenvalue weighted by Gasteiger charge is 2.28. The maximum absolute atomic E-state index is 13.4. The van der Waals surface area contributed by atoms with Crippen molar-refractivity contribution in [3.05, 3.63) is 47.5 Å². The molecule has 0 saturated heterocycles. The van der Waals surface area contributed by atoms with Gasteiger partial charge in [0.15, 0.2) is 11.5 Å². The zero-order chi connectivity index (χ0) is 22.1. The van der Waals surface area contributed by atoms with Crippen molar-refractivity contribution in [1.29, 1.82) is 0 Å². The number of nitrogens with one attached hydrogen (secondary N) is 1. The molecule has 8 nitrogen and oxygen atoms in total. The number of nitrogens with zero attached hydrogens (tertiary/aromatic N) is 1. The van der Waals surface area contributed by atoms with E-state index < -0.39 is 22.5 Å². The standard InChI is InChI=1S/C20H25ClN2O6S/c1-27-12-4-11-22-20(24)14-23(16-7-5-15(21)6-8-16)30(25,26)17-9-10-18(28-2)19(13-17)29-3/h5-10,13H,4,11-12,14H2,1-3H3,(H,22,24). The molecule has 0 saturated carbocycles. The Balaban J connectivity index is 2.37. The molecule has 164 valence electrons. The van der Waals surface area contributed by atoms with E-state index in [2.05, 4.69) is 5.32 Å². The fourth-order valence-electron chi connectivity index (χ4n) is 2.66. The molecule has 0 aliphatic heterocycles. The third-order valence-corrected chi connectivity index (χ3v) is 6.21. The topological polar surface area (TPSA) is 94.2 Å². The summed E-state index contributed by atoms with van der Waals surface area (Å²) in [6, 6.07) is 10.5. The lowest BCUT2D eigenvalue weighted by molar-refractivity contribution is -0.119. The number of benzene rings is 2. The number of ether oxygens (including phenoxy) is 3. The van der Waals surface area contributed by atoms with E-state index in [4.69, 9.17) is 25.8 Å². The number of sulfonamides is 1. The molecule has 0 unspecified atom stereocenters. The first-order chi connectivity index (χ1) is 14.3. The predicted molar refractivity (Wildman–Crippen MR) is 115 cm³/mol. The summed E-state index contributed by atoms with van der Waals surface area (Å²) in [5, 5.41) is 3.15. The van der Waals surface area contributed by atoms with Crippen LogP contribution in [-0.4, -0.2) is 55.4 Å². The van der Waals surface area contributed by atoms with Crippen LogP contribution in [0.5, 0.6) is 11.5 Å². The lowest BCUT2D eigenvalue weighted by Crippen LogP contribution is -2.41. The first kappa shape index (κ1) is 23.8. The highest BCUT2D eigenvalue weighted by Crippen LogP contribution is 2.32. The van der Waals surface area contributed by atoms with Crippen molar-refractivity contribution in [1.82, 2.24) is 5.32 Å². The summed E-state index contributed by atoms with van der Waals surface area (Å²) in [7, 11) is 0.357. The van der Waals surface area contributed by atoms with Gasteiger partial charge in [0.2, 0.25) is 5.91 Å². The molecule has 0 radical (unpaired) electrons. The van der Waals surface area contributed by atoms with E-state index in [1.165, 1.54) is 32.4 Å². The molecule has 0 fully saturated rings. The number of amides is 1. The number of anilines is 1. The number of carbonyl (C=O) groups excluding carboxylic acids is 1. The van der Waals surface area contributed by atoms with Crippen molar-refractivity contribution < 1.29 is 27.4 Å². The minimum Gasteiger partial charge on any atom is -0.493 e. The molecule has 0 aliphatic rings.